The molecule has 2 aliphatic rings. The average Bonchev–Trinajstić information content (AvgIpc) is 3.51. The summed E-state index contributed by atoms with van der Waals surface area (Å²) >= 11 is 0. The van der Waals surface area contributed by atoms with Gasteiger partial charge in [0.2, 0.25) is 10.0 Å². The van der Waals surface area contributed by atoms with Crippen LogP contribution in [0, 0.1) is 18.6 Å². The van der Waals surface area contributed by atoms with Gasteiger partial charge in [0.25, 0.3) is 11.8 Å². The van der Waals surface area contributed by atoms with E-state index in [2.05, 4.69) is 10.6 Å². The van der Waals surface area contributed by atoms with Gasteiger partial charge >= 0.3 is 0 Å². The van der Waals surface area contributed by atoms with Crippen molar-refractivity contribution in [1.82, 2.24) is 19.8 Å². The first-order valence-electron chi connectivity index (χ1n) is 16.0. The monoisotopic (exact) mass is 684 g/mol. The summed E-state index contributed by atoms with van der Waals surface area (Å²) in [7, 11) is -2.16. The fraction of sp³-hybridized carbons (Fsp3) is 0.429. The zero-order valence-corrected chi connectivity index (χ0v) is 27.9. The summed E-state index contributed by atoms with van der Waals surface area (Å²) in [4.78, 5) is 29.0. The van der Waals surface area contributed by atoms with Crippen molar-refractivity contribution in [2.75, 3.05) is 39.9 Å². The van der Waals surface area contributed by atoms with Crippen molar-refractivity contribution < 1.29 is 36.6 Å². The Balaban J connectivity index is 1.37. The van der Waals surface area contributed by atoms with E-state index < -0.39 is 45.8 Å². The van der Waals surface area contributed by atoms with Crippen molar-refractivity contribution >= 4 is 21.8 Å². The van der Waals surface area contributed by atoms with Crippen molar-refractivity contribution in [2.45, 2.75) is 56.2 Å². The lowest BCUT2D eigenvalue weighted by molar-refractivity contribution is 0.0599. The van der Waals surface area contributed by atoms with Gasteiger partial charge < -0.3 is 25.4 Å². The number of ether oxygens (including phenoxy) is 1. The molecule has 3 aromatic carbocycles. The van der Waals surface area contributed by atoms with Crippen LogP contribution in [0.25, 0.3) is 0 Å². The van der Waals surface area contributed by atoms with Gasteiger partial charge in [0.1, 0.15) is 11.6 Å². The maximum Gasteiger partial charge on any atom is 0.254 e. The Morgan fingerprint density at radius 2 is 1.73 bits per heavy atom. The molecule has 3 aromatic rings. The quantitative estimate of drug-likeness (QED) is 0.268. The number of carbonyl (C=O) groups excluding carboxylic acids is 2. The van der Waals surface area contributed by atoms with Crippen molar-refractivity contribution in [1.29, 1.82) is 0 Å². The number of methoxy groups -OCH3 is 1. The minimum atomic E-state index is -3.75. The van der Waals surface area contributed by atoms with Gasteiger partial charge in [-0.05, 0) is 73.2 Å². The van der Waals surface area contributed by atoms with Gasteiger partial charge in [-0.15, -0.1) is 0 Å². The lowest BCUT2D eigenvalue weighted by Crippen LogP contribution is -2.62. The number of sulfonamides is 1. The Morgan fingerprint density at radius 1 is 1.02 bits per heavy atom. The molecule has 2 heterocycles. The predicted octanol–water partition coefficient (Wildman–Crippen LogP) is 3.03. The third kappa shape index (κ3) is 8.83. The zero-order valence-electron chi connectivity index (χ0n) is 27.1. The molecule has 0 bridgehead atoms. The van der Waals surface area contributed by atoms with Gasteiger partial charge in [-0.1, -0.05) is 30.3 Å². The number of hydrogen-bond acceptors (Lipinski definition) is 7. The summed E-state index contributed by atoms with van der Waals surface area (Å²) in [5.74, 6) is -2.66. The molecule has 4 atom stereocenters. The highest BCUT2D eigenvalue weighted by molar-refractivity contribution is 7.88. The van der Waals surface area contributed by atoms with Crippen LogP contribution in [-0.2, 0) is 26.9 Å². The molecule has 48 heavy (non-hydrogen) atoms. The average molecular weight is 685 g/mol. The normalized spacial score (nSPS) is 20.0. The Morgan fingerprint density at radius 3 is 2.44 bits per heavy atom. The third-order valence-corrected chi connectivity index (χ3v) is 10.7. The smallest absolute Gasteiger partial charge is 0.254 e. The molecule has 0 aliphatic carbocycles. The number of benzene rings is 3. The minimum absolute atomic E-state index is 0.0643. The van der Waals surface area contributed by atoms with Crippen molar-refractivity contribution in [3.8, 4) is 0 Å². The van der Waals surface area contributed by atoms with Gasteiger partial charge in [0.05, 0.1) is 30.5 Å². The molecule has 2 saturated heterocycles. The molecule has 2 fully saturated rings. The van der Waals surface area contributed by atoms with E-state index in [0.29, 0.717) is 29.8 Å². The van der Waals surface area contributed by atoms with E-state index in [1.54, 1.807) is 61.4 Å². The number of likely N-dealkylation sites (tertiary alicyclic amines) is 1. The van der Waals surface area contributed by atoms with Crippen molar-refractivity contribution in [2.24, 2.45) is 0 Å². The zero-order chi connectivity index (χ0) is 34.4. The number of aliphatic hydroxyl groups is 1. The molecule has 0 aromatic heterocycles. The van der Waals surface area contributed by atoms with E-state index >= 15 is 0 Å². The van der Waals surface area contributed by atoms with Gasteiger partial charge in [-0.3, -0.25) is 9.59 Å². The molecule has 258 valence electrons. The van der Waals surface area contributed by atoms with E-state index in [1.807, 2.05) is 0 Å². The number of aryl methyl sites for hydroxylation is 1. The molecular formula is C35H42F2N4O6S. The van der Waals surface area contributed by atoms with Crippen LogP contribution in [0.1, 0.15) is 50.2 Å². The predicted molar refractivity (Wildman–Crippen MR) is 177 cm³/mol. The van der Waals surface area contributed by atoms with Gasteiger partial charge in [0, 0.05) is 56.5 Å². The molecular weight excluding hydrogens is 642 g/mol. The first-order chi connectivity index (χ1) is 22.9. The number of nitrogens with zero attached hydrogens (tertiary/aromatic N) is 2. The van der Waals surface area contributed by atoms with Crippen LogP contribution in [0.15, 0.2) is 66.7 Å². The first-order valence-corrected chi connectivity index (χ1v) is 17.6. The number of nitrogens with one attached hydrogen (secondary N) is 2. The van der Waals surface area contributed by atoms with Crippen LogP contribution >= 0.6 is 0 Å². The van der Waals surface area contributed by atoms with Gasteiger partial charge in [-0.2, -0.15) is 4.31 Å². The van der Waals surface area contributed by atoms with E-state index in [9.17, 15) is 31.9 Å². The highest BCUT2D eigenvalue weighted by atomic mass is 32.2. The van der Waals surface area contributed by atoms with Crippen LogP contribution in [0.3, 0.4) is 0 Å². The summed E-state index contributed by atoms with van der Waals surface area (Å²) in [6, 6.07) is 14.6. The van der Waals surface area contributed by atoms with Crippen LogP contribution in [0.2, 0.25) is 0 Å². The van der Waals surface area contributed by atoms with E-state index in [-0.39, 0.29) is 54.9 Å². The Hall–Kier alpha value is -3.75. The highest BCUT2D eigenvalue weighted by Crippen LogP contribution is 2.23. The van der Waals surface area contributed by atoms with Crippen LogP contribution in [0.5, 0.6) is 0 Å². The molecule has 0 unspecified atom stereocenters. The molecule has 0 radical (unpaired) electrons. The number of piperazine rings is 1. The molecule has 5 rings (SSSR count). The Kier molecular flexibility index (Phi) is 11.6. The van der Waals surface area contributed by atoms with Crippen LogP contribution in [0.4, 0.5) is 8.78 Å². The summed E-state index contributed by atoms with van der Waals surface area (Å²) in [5.41, 5.74) is 2.00. The molecule has 0 saturated carbocycles. The number of hydrogen-bond donors (Lipinski definition) is 3. The molecule has 13 heteroatoms. The highest BCUT2D eigenvalue weighted by Gasteiger charge is 2.37. The molecule has 0 spiro atoms. The lowest BCUT2D eigenvalue weighted by Gasteiger charge is -2.38. The summed E-state index contributed by atoms with van der Waals surface area (Å²) < 4.78 is 61.6. The topological polar surface area (TPSA) is 128 Å². The molecule has 2 amide bonds. The van der Waals surface area contributed by atoms with Crippen LogP contribution in [-0.4, -0.2) is 98.7 Å². The fourth-order valence-corrected chi connectivity index (χ4v) is 8.11. The SMILES string of the molecule is COC[C@H]1CCCN1C(=O)c1cc(C)cc(C(=O)N[C@@H](Cc2cc(F)cc(F)c2)[C@H](O)[C@H]2CN(S(=O)(=O)Cc3ccccc3)CCN2)c1. The van der Waals surface area contributed by atoms with E-state index in [0.717, 1.165) is 31.0 Å². The summed E-state index contributed by atoms with van der Waals surface area (Å²) in [6.07, 6.45) is 0.152. The molecule has 2 aliphatic heterocycles. The number of carbonyl (C=O) groups is 2. The number of amides is 2. The van der Waals surface area contributed by atoms with Gasteiger partial charge in [-0.25, -0.2) is 17.2 Å². The molecule has 10 nitrogen and oxygen atoms in total. The maximum absolute atomic E-state index is 14.2. The van der Waals surface area contributed by atoms with E-state index in [4.69, 9.17) is 4.74 Å². The fourth-order valence-electron chi connectivity index (χ4n) is 6.55. The number of halogens is 2. The lowest BCUT2D eigenvalue weighted by atomic mass is 9.94. The number of rotatable bonds is 12. The van der Waals surface area contributed by atoms with E-state index in [1.165, 1.54) is 10.4 Å². The van der Waals surface area contributed by atoms with Crippen LogP contribution < -0.4 is 10.6 Å². The first kappa shape index (κ1) is 35.6. The summed E-state index contributed by atoms with van der Waals surface area (Å²) in [5, 5.41) is 17.6. The minimum Gasteiger partial charge on any atom is -0.389 e. The standard InChI is InChI=1S/C35H42F2N4O6S/c1-23-13-26(18-27(14-23)35(44)41-11-6-9-30(41)21-47-2)34(43)39-31(17-25-15-28(36)19-29(37)16-25)33(42)32-20-40(12-10-38-32)48(45,46)22-24-7-4-3-5-8-24/h3-5,7-8,13-16,18-19,30-33,38,42H,6,9-12,17,20-22H2,1-2H3,(H,39,43)/t30-,31+,32-,33+/m1/s1. The number of aliphatic hydroxyl groups excluding tert-OH is 1. The second kappa shape index (κ2) is 15.6. The van der Waals surface area contributed by atoms with Crippen molar-refractivity contribution in [3.63, 3.8) is 0 Å². The molecule has 3 N–H and O–H groups in total. The third-order valence-electron chi connectivity index (χ3n) is 8.86. The largest absolute Gasteiger partial charge is 0.389 e. The van der Waals surface area contributed by atoms with Crippen molar-refractivity contribution in [3.05, 3.63) is 106 Å². The second-order valence-corrected chi connectivity index (χ2v) is 14.5. The maximum atomic E-state index is 14.2. The Bertz CT molecular complexity index is 1690. The Labute approximate surface area is 280 Å². The second-order valence-electron chi connectivity index (χ2n) is 12.6. The van der Waals surface area contributed by atoms with Gasteiger partial charge in [0.15, 0.2) is 0 Å². The summed E-state index contributed by atoms with van der Waals surface area (Å²) in [6.45, 7) is 3.10.